The summed E-state index contributed by atoms with van der Waals surface area (Å²) in [7, 11) is 1.89. The van der Waals surface area contributed by atoms with E-state index in [-0.39, 0.29) is 24.6 Å². The second-order valence-corrected chi connectivity index (χ2v) is 2.63. The quantitative estimate of drug-likeness (QED) is 0.522. The zero-order chi connectivity index (χ0) is 7.56. The molecule has 1 aliphatic rings. The second kappa shape index (κ2) is 4.70. The largest absolute Gasteiger partial charge is 0.395 e. The van der Waals surface area contributed by atoms with Crippen molar-refractivity contribution < 1.29 is 5.11 Å². The molecule has 0 amide bonds. The monoisotopic (exact) mass is 198 g/mol. The van der Waals surface area contributed by atoms with E-state index in [0.717, 1.165) is 0 Å². The number of hydrogen-bond acceptors (Lipinski definition) is 3. The molecule has 1 rings (SSSR count). The average Bonchev–Trinajstić information content (AvgIpc) is 2.20. The highest BCUT2D eigenvalue weighted by Crippen LogP contribution is 2.15. The summed E-state index contributed by atoms with van der Waals surface area (Å²) in [6.45, 7) is 0.733. The van der Waals surface area contributed by atoms with Crippen molar-refractivity contribution in [3.05, 3.63) is 12.4 Å². The molecular weight excluding hydrogens is 187 g/mol. The smallest absolute Gasteiger partial charge is 0.179 e. The Morgan fingerprint density at radius 2 is 2.18 bits per heavy atom. The second-order valence-electron chi connectivity index (χ2n) is 2.24. The van der Waals surface area contributed by atoms with Crippen molar-refractivity contribution in [2.45, 2.75) is 5.62 Å². The van der Waals surface area contributed by atoms with E-state index in [9.17, 15) is 0 Å². The van der Waals surface area contributed by atoms with Crippen LogP contribution in [-0.4, -0.2) is 40.7 Å². The van der Waals surface area contributed by atoms with Crippen LogP contribution in [-0.2, 0) is 0 Å². The van der Waals surface area contributed by atoms with Crippen LogP contribution in [0, 0.1) is 0 Å². The molecule has 1 N–H and O–H groups in total. The summed E-state index contributed by atoms with van der Waals surface area (Å²) in [6, 6.07) is 0. The Morgan fingerprint density at radius 1 is 1.55 bits per heavy atom. The van der Waals surface area contributed by atoms with E-state index in [1.807, 2.05) is 29.2 Å². The number of alkyl halides is 1. The summed E-state index contributed by atoms with van der Waals surface area (Å²) in [6.07, 6.45) is 3.75. The van der Waals surface area contributed by atoms with Crippen molar-refractivity contribution >= 4 is 24.0 Å². The molecule has 0 aliphatic carbocycles. The Hall–Kier alpha value is -0.120. The van der Waals surface area contributed by atoms with E-state index in [2.05, 4.69) is 0 Å². The van der Waals surface area contributed by atoms with Gasteiger partial charge in [0.15, 0.2) is 5.62 Å². The molecule has 0 spiro atoms. The SMILES string of the molecule is CN1C=CN(CCO)C1Cl.Cl. The molecule has 5 heteroatoms. The number of nitrogens with zero attached hydrogens (tertiary/aromatic N) is 2. The van der Waals surface area contributed by atoms with Gasteiger partial charge in [-0.25, -0.2) is 0 Å². The molecule has 1 heterocycles. The van der Waals surface area contributed by atoms with Gasteiger partial charge in [0.2, 0.25) is 0 Å². The van der Waals surface area contributed by atoms with E-state index in [0.29, 0.717) is 6.54 Å². The third kappa shape index (κ3) is 2.43. The third-order valence-electron chi connectivity index (χ3n) is 1.46. The van der Waals surface area contributed by atoms with Crippen molar-refractivity contribution in [1.29, 1.82) is 0 Å². The fraction of sp³-hybridized carbons (Fsp3) is 0.667. The summed E-state index contributed by atoms with van der Waals surface area (Å²) < 4.78 is 0. The van der Waals surface area contributed by atoms with Gasteiger partial charge in [-0.15, -0.1) is 12.4 Å². The predicted octanol–water partition coefficient (Wildman–Crippen LogP) is 0.641. The summed E-state index contributed by atoms with van der Waals surface area (Å²) in [5, 5.41) is 8.58. The molecule has 0 radical (unpaired) electrons. The van der Waals surface area contributed by atoms with Gasteiger partial charge in [0.25, 0.3) is 0 Å². The van der Waals surface area contributed by atoms with Crippen LogP contribution in [0.25, 0.3) is 0 Å². The highest BCUT2D eigenvalue weighted by Gasteiger charge is 2.19. The number of halogens is 2. The number of hydrogen-bond donors (Lipinski definition) is 1. The van der Waals surface area contributed by atoms with E-state index < -0.39 is 0 Å². The summed E-state index contributed by atoms with van der Waals surface area (Å²) in [5.74, 6) is 0. The van der Waals surface area contributed by atoms with Gasteiger partial charge in [-0.1, -0.05) is 11.6 Å². The Kier molecular flexibility index (Phi) is 4.65. The van der Waals surface area contributed by atoms with Crippen molar-refractivity contribution in [3.8, 4) is 0 Å². The first kappa shape index (κ1) is 10.9. The summed E-state index contributed by atoms with van der Waals surface area (Å²) >= 11 is 5.89. The lowest BCUT2D eigenvalue weighted by molar-refractivity contribution is 0.196. The lowest BCUT2D eigenvalue weighted by Crippen LogP contribution is -2.33. The normalized spacial score (nSPS) is 22.3. The zero-order valence-corrected chi connectivity index (χ0v) is 7.85. The molecule has 1 aliphatic heterocycles. The van der Waals surface area contributed by atoms with E-state index >= 15 is 0 Å². The molecule has 0 aromatic carbocycles. The van der Waals surface area contributed by atoms with Gasteiger partial charge < -0.3 is 14.9 Å². The maximum atomic E-state index is 8.58. The van der Waals surface area contributed by atoms with E-state index in [4.69, 9.17) is 16.7 Å². The van der Waals surface area contributed by atoms with Gasteiger partial charge in [-0.05, 0) is 0 Å². The molecule has 0 saturated heterocycles. The van der Waals surface area contributed by atoms with Crippen LogP contribution in [0.3, 0.4) is 0 Å². The van der Waals surface area contributed by atoms with Gasteiger partial charge in [0, 0.05) is 26.0 Å². The molecule has 1 unspecified atom stereocenters. The molecule has 1 atom stereocenters. The molecule has 66 valence electrons. The maximum absolute atomic E-state index is 8.58. The van der Waals surface area contributed by atoms with Crippen LogP contribution in [0.4, 0.5) is 0 Å². The van der Waals surface area contributed by atoms with Crippen LogP contribution in [0.15, 0.2) is 12.4 Å². The Labute approximate surface area is 77.6 Å². The highest BCUT2D eigenvalue weighted by molar-refractivity contribution is 6.20. The Morgan fingerprint density at radius 3 is 2.55 bits per heavy atom. The topological polar surface area (TPSA) is 26.7 Å². The molecule has 3 nitrogen and oxygen atoms in total. The lowest BCUT2D eigenvalue weighted by atomic mass is 10.6. The number of aliphatic hydroxyl groups is 1. The summed E-state index contributed by atoms with van der Waals surface area (Å²) in [4.78, 5) is 3.73. The fourth-order valence-corrected chi connectivity index (χ4v) is 1.09. The molecular formula is C6H12Cl2N2O. The molecule has 0 bridgehead atoms. The van der Waals surface area contributed by atoms with Crippen molar-refractivity contribution in [2.75, 3.05) is 20.2 Å². The number of β-amino-alcohol motifs (C(OH)–C–C–N with tert-alkyl or cyclic N) is 1. The van der Waals surface area contributed by atoms with Gasteiger partial charge >= 0.3 is 0 Å². The molecule has 0 saturated carbocycles. The third-order valence-corrected chi connectivity index (χ3v) is 2.02. The van der Waals surface area contributed by atoms with Crippen molar-refractivity contribution in [2.24, 2.45) is 0 Å². The van der Waals surface area contributed by atoms with Crippen LogP contribution in [0.1, 0.15) is 0 Å². The van der Waals surface area contributed by atoms with E-state index in [1.165, 1.54) is 0 Å². The van der Waals surface area contributed by atoms with Crippen molar-refractivity contribution in [3.63, 3.8) is 0 Å². The minimum atomic E-state index is -0.132. The van der Waals surface area contributed by atoms with Gasteiger partial charge in [0.1, 0.15) is 0 Å². The van der Waals surface area contributed by atoms with Gasteiger partial charge in [-0.2, -0.15) is 0 Å². The Bertz CT molecular complexity index is 143. The molecule has 0 aromatic heterocycles. The van der Waals surface area contributed by atoms with Crippen LogP contribution >= 0.6 is 24.0 Å². The predicted molar refractivity (Wildman–Crippen MR) is 47.6 cm³/mol. The molecule has 0 fully saturated rings. The van der Waals surface area contributed by atoms with E-state index in [1.54, 1.807) is 0 Å². The van der Waals surface area contributed by atoms with Crippen LogP contribution < -0.4 is 0 Å². The minimum absolute atomic E-state index is 0. The number of rotatable bonds is 2. The standard InChI is InChI=1S/C6H11ClN2O.ClH/c1-8-2-3-9(4-5-10)6(8)7;/h2-3,6,10H,4-5H2,1H3;1H. The fourth-order valence-electron chi connectivity index (χ4n) is 0.863. The number of aliphatic hydroxyl groups excluding tert-OH is 1. The average molecular weight is 199 g/mol. The first-order valence-corrected chi connectivity index (χ1v) is 3.60. The minimum Gasteiger partial charge on any atom is -0.395 e. The molecule has 0 aromatic rings. The summed E-state index contributed by atoms with van der Waals surface area (Å²) in [5.41, 5.74) is -0.132. The maximum Gasteiger partial charge on any atom is 0.179 e. The van der Waals surface area contributed by atoms with Crippen LogP contribution in [0.5, 0.6) is 0 Å². The highest BCUT2D eigenvalue weighted by atomic mass is 35.5. The van der Waals surface area contributed by atoms with Gasteiger partial charge in [0.05, 0.1) is 6.61 Å². The van der Waals surface area contributed by atoms with Crippen molar-refractivity contribution in [1.82, 2.24) is 9.80 Å². The van der Waals surface area contributed by atoms with Crippen LogP contribution in [0.2, 0.25) is 0 Å². The Balaban J connectivity index is 0.000001000. The first-order chi connectivity index (χ1) is 4.75. The van der Waals surface area contributed by atoms with Gasteiger partial charge in [-0.3, -0.25) is 0 Å². The first-order valence-electron chi connectivity index (χ1n) is 3.16. The lowest BCUT2D eigenvalue weighted by Gasteiger charge is -2.23. The zero-order valence-electron chi connectivity index (χ0n) is 6.27. The molecule has 11 heavy (non-hydrogen) atoms.